The molecule has 6 heteroatoms. The van der Waals surface area contributed by atoms with Crippen molar-refractivity contribution in [1.82, 2.24) is 5.32 Å². The van der Waals surface area contributed by atoms with Crippen LogP contribution in [0.4, 0.5) is 0 Å². The predicted molar refractivity (Wildman–Crippen MR) is 343 cm³/mol. The minimum atomic E-state index is -0.671. The molecule has 2 unspecified atom stereocenters. The molecule has 0 spiro atoms. The van der Waals surface area contributed by atoms with E-state index in [1.807, 2.05) is 0 Å². The van der Waals surface area contributed by atoms with Gasteiger partial charge in [0.05, 0.1) is 25.4 Å². The summed E-state index contributed by atoms with van der Waals surface area (Å²) in [6, 6.07) is -0.549. The lowest BCUT2D eigenvalue weighted by molar-refractivity contribution is -0.143. The Morgan fingerprint density at radius 3 is 1.03 bits per heavy atom. The second-order valence-electron chi connectivity index (χ2n) is 24.2. The molecule has 0 bridgehead atoms. The van der Waals surface area contributed by atoms with E-state index < -0.39 is 12.1 Å². The molecule has 0 radical (unpaired) electrons. The molecule has 0 heterocycles. The molecule has 3 N–H and O–H groups in total. The second kappa shape index (κ2) is 67.6. The molecule has 0 saturated heterocycles. The Bertz CT molecular complexity index is 1260. The van der Waals surface area contributed by atoms with Crippen LogP contribution in [0.3, 0.4) is 0 Å². The van der Waals surface area contributed by atoms with Gasteiger partial charge in [0.25, 0.3) is 0 Å². The van der Waals surface area contributed by atoms with Crippen molar-refractivity contribution in [3.8, 4) is 0 Å². The number of unbranched alkanes of at least 4 members (excludes halogenated alkanes) is 49. The first-order valence-corrected chi connectivity index (χ1v) is 35.2. The molecule has 1 amide bonds. The fourth-order valence-corrected chi connectivity index (χ4v) is 11.0. The Kier molecular flexibility index (Phi) is 65.9. The summed E-state index contributed by atoms with van der Waals surface area (Å²) >= 11 is 0. The average molecular weight is 1100 g/mol. The van der Waals surface area contributed by atoms with Gasteiger partial charge in [0.1, 0.15) is 0 Å². The third-order valence-corrected chi connectivity index (χ3v) is 16.4. The Morgan fingerprint density at radius 2 is 0.654 bits per heavy atom. The van der Waals surface area contributed by atoms with Crippen molar-refractivity contribution in [1.29, 1.82) is 0 Å². The van der Waals surface area contributed by atoms with Crippen LogP contribution in [0, 0.1) is 0 Å². The zero-order chi connectivity index (χ0) is 56.4. The molecule has 0 fully saturated rings. The number of aliphatic hydroxyl groups is 2. The molecular weight excluding hydrogens is 959 g/mol. The number of allylic oxidation sites excluding steroid dienone is 6. The molecule has 2 atom stereocenters. The van der Waals surface area contributed by atoms with Gasteiger partial charge in [-0.3, -0.25) is 9.59 Å². The van der Waals surface area contributed by atoms with E-state index in [1.165, 1.54) is 302 Å². The fourth-order valence-electron chi connectivity index (χ4n) is 11.0. The van der Waals surface area contributed by atoms with Gasteiger partial charge in [-0.1, -0.05) is 333 Å². The highest BCUT2D eigenvalue weighted by Crippen LogP contribution is 2.19. The summed E-state index contributed by atoms with van der Waals surface area (Å²) in [5.41, 5.74) is 0. The molecule has 460 valence electrons. The third-order valence-electron chi connectivity index (χ3n) is 16.4. The Labute approximate surface area is 487 Å². The van der Waals surface area contributed by atoms with Crippen LogP contribution in [0.25, 0.3) is 0 Å². The maximum atomic E-state index is 12.6. The fraction of sp³-hybridized carbons (Fsp3) is 0.889. The van der Waals surface area contributed by atoms with Gasteiger partial charge in [0.15, 0.2) is 0 Å². The summed E-state index contributed by atoms with van der Waals surface area (Å²) in [6.45, 7) is 4.93. The number of hydrogen-bond donors (Lipinski definition) is 3. The maximum absolute atomic E-state index is 12.6. The van der Waals surface area contributed by atoms with Gasteiger partial charge in [-0.2, -0.15) is 0 Å². The number of carbonyl (C=O) groups excluding carboxylic acids is 2. The normalized spacial score (nSPS) is 12.7. The number of nitrogens with one attached hydrogen (secondary N) is 1. The highest BCUT2D eigenvalue weighted by Gasteiger charge is 2.20. The van der Waals surface area contributed by atoms with Crippen molar-refractivity contribution in [2.45, 2.75) is 398 Å². The number of amides is 1. The Morgan fingerprint density at radius 1 is 0.359 bits per heavy atom. The van der Waals surface area contributed by atoms with Crippen LogP contribution in [0.2, 0.25) is 0 Å². The van der Waals surface area contributed by atoms with Gasteiger partial charge >= 0.3 is 5.97 Å². The predicted octanol–water partition coefficient (Wildman–Crippen LogP) is 22.7. The summed E-state index contributed by atoms with van der Waals surface area (Å²) in [4.78, 5) is 24.6. The van der Waals surface area contributed by atoms with Gasteiger partial charge in [-0.25, -0.2) is 0 Å². The second-order valence-corrected chi connectivity index (χ2v) is 24.2. The molecule has 0 aliphatic heterocycles. The Balaban J connectivity index is 3.42. The lowest BCUT2D eigenvalue weighted by Gasteiger charge is -2.22. The van der Waals surface area contributed by atoms with E-state index in [1.54, 1.807) is 0 Å². The monoisotopic (exact) mass is 1100 g/mol. The van der Waals surface area contributed by atoms with Gasteiger partial charge in [0.2, 0.25) is 5.91 Å². The highest BCUT2D eigenvalue weighted by atomic mass is 16.5. The molecule has 6 nitrogen and oxygen atoms in total. The van der Waals surface area contributed by atoms with Crippen LogP contribution >= 0.6 is 0 Å². The zero-order valence-electron chi connectivity index (χ0n) is 52.7. The molecule has 0 aliphatic carbocycles. The number of ether oxygens (including phenoxy) is 1. The molecule has 0 aromatic rings. The van der Waals surface area contributed by atoms with Crippen LogP contribution in [0.15, 0.2) is 36.5 Å². The van der Waals surface area contributed by atoms with E-state index in [9.17, 15) is 19.8 Å². The average Bonchev–Trinajstić information content (AvgIpc) is 3.44. The van der Waals surface area contributed by atoms with Crippen molar-refractivity contribution >= 4 is 11.9 Å². The van der Waals surface area contributed by atoms with Gasteiger partial charge in [0, 0.05) is 12.8 Å². The first kappa shape index (κ1) is 76.1. The zero-order valence-corrected chi connectivity index (χ0v) is 52.7. The minimum Gasteiger partial charge on any atom is -0.466 e. The molecule has 0 saturated carbocycles. The molecule has 0 aromatic carbocycles. The van der Waals surface area contributed by atoms with Crippen molar-refractivity contribution < 1.29 is 24.5 Å². The van der Waals surface area contributed by atoms with Crippen LogP contribution < -0.4 is 5.32 Å². The van der Waals surface area contributed by atoms with Crippen LogP contribution in [-0.4, -0.2) is 47.4 Å². The van der Waals surface area contributed by atoms with Gasteiger partial charge < -0.3 is 20.3 Å². The molecule has 0 aliphatic rings. The lowest BCUT2D eigenvalue weighted by atomic mass is 10.0. The van der Waals surface area contributed by atoms with E-state index in [0.717, 1.165) is 51.4 Å². The topological polar surface area (TPSA) is 95.9 Å². The number of aliphatic hydroxyl groups excluding tert-OH is 2. The number of carbonyl (C=O) groups is 2. The number of hydrogen-bond acceptors (Lipinski definition) is 5. The van der Waals surface area contributed by atoms with Gasteiger partial charge in [-0.15, -0.1) is 0 Å². The van der Waals surface area contributed by atoms with Crippen molar-refractivity contribution in [3.63, 3.8) is 0 Å². The van der Waals surface area contributed by atoms with E-state index in [4.69, 9.17) is 4.74 Å². The first-order chi connectivity index (χ1) is 38.5. The van der Waals surface area contributed by atoms with E-state index >= 15 is 0 Å². The van der Waals surface area contributed by atoms with E-state index in [-0.39, 0.29) is 18.5 Å². The summed E-state index contributed by atoms with van der Waals surface area (Å²) in [7, 11) is 0. The van der Waals surface area contributed by atoms with Crippen LogP contribution in [-0.2, 0) is 14.3 Å². The smallest absolute Gasteiger partial charge is 0.305 e. The van der Waals surface area contributed by atoms with Crippen LogP contribution in [0.5, 0.6) is 0 Å². The molecule has 78 heavy (non-hydrogen) atoms. The summed E-state index contributed by atoms with van der Waals surface area (Å²) in [5, 5.41) is 23.4. The van der Waals surface area contributed by atoms with E-state index in [0.29, 0.717) is 25.9 Å². The quantitative estimate of drug-likeness (QED) is 0.0320. The largest absolute Gasteiger partial charge is 0.466 e. The van der Waals surface area contributed by atoms with Crippen LogP contribution in [0.1, 0.15) is 386 Å². The highest BCUT2D eigenvalue weighted by molar-refractivity contribution is 5.76. The van der Waals surface area contributed by atoms with E-state index in [2.05, 4.69) is 55.6 Å². The van der Waals surface area contributed by atoms with Crippen molar-refractivity contribution in [2.75, 3.05) is 13.2 Å². The minimum absolute atomic E-state index is 0.00404. The number of esters is 1. The first-order valence-electron chi connectivity index (χ1n) is 35.2. The summed E-state index contributed by atoms with van der Waals surface area (Å²) < 4.78 is 5.48. The van der Waals surface area contributed by atoms with Crippen molar-refractivity contribution in [3.05, 3.63) is 36.5 Å². The number of rotatable bonds is 66. The lowest BCUT2D eigenvalue weighted by Crippen LogP contribution is -2.45. The summed E-state index contributed by atoms with van der Waals surface area (Å²) in [5.74, 6) is -0.0420. The third kappa shape index (κ3) is 63.3. The van der Waals surface area contributed by atoms with Crippen molar-refractivity contribution in [2.24, 2.45) is 0 Å². The standard InChI is InChI=1S/C72H137NO5/c1-3-5-7-9-11-13-15-17-19-20-21-22-23-24-25-28-31-34-37-40-44-48-52-56-60-64-70(75)69(68-74)73-71(76)65-61-57-53-49-45-41-38-35-32-29-26-27-30-33-36-39-43-47-51-55-59-63-67-78-72(77)66-62-58-54-50-46-42-18-16-14-12-10-8-6-4-2/h10,12,16,18,29,32,69-70,74-75H,3-9,11,13-15,17,19-28,30-31,33-68H2,1-2H3,(H,73,76)/b12-10-,18-16-,32-29-. The molecule has 0 aromatic heterocycles. The summed E-state index contributed by atoms with van der Waals surface area (Å²) in [6.07, 6.45) is 86.1. The molecular formula is C72H137NO5. The van der Waals surface area contributed by atoms with Gasteiger partial charge in [-0.05, 0) is 77.0 Å². The SMILES string of the molecule is CCCC/C=C\C/C=C\CCCCCCCC(=O)OCCCCCCCCCCCCC/C=C\CCCCCCCCCC(=O)NC(CO)C(O)CCCCCCCCCCCCCCCCCCCCCCCCCCC. The Hall–Kier alpha value is -1.92. The maximum Gasteiger partial charge on any atom is 0.305 e. The molecule has 0 rings (SSSR count).